The first kappa shape index (κ1) is 24.0. The van der Waals surface area contributed by atoms with Crippen LogP contribution in [0.2, 0.25) is 0 Å². The van der Waals surface area contributed by atoms with Crippen LogP contribution in [0, 0.1) is 0 Å². The molecule has 0 atom stereocenters. The third-order valence-electron chi connectivity index (χ3n) is 5.31. The molecule has 0 unspecified atom stereocenters. The summed E-state index contributed by atoms with van der Waals surface area (Å²) < 4.78 is 11.3. The molecule has 0 fully saturated rings. The van der Waals surface area contributed by atoms with Gasteiger partial charge in [-0.2, -0.15) is 0 Å². The Labute approximate surface area is 182 Å². The van der Waals surface area contributed by atoms with Gasteiger partial charge in [-0.05, 0) is 61.2 Å². The fraction of sp³-hybridized carbons (Fsp3) is 0.519. The Morgan fingerprint density at radius 3 is 1.90 bits per heavy atom. The zero-order valence-corrected chi connectivity index (χ0v) is 18.8. The molecule has 0 heterocycles. The summed E-state index contributed by atoms with van der Waals surface area (Å²) in [4.78, 5) is 12.4. The number of rotatable bonds is 15. The molecular formula is C27H38O3. The summed E-state index contributed by atoms with van der Waals surface area (Å²) in [5.74, 6) is 1.03. The molecular weight excluding hydrogens is 372 g/mol. The van der Waals surface area contributed by atoms with Gasteiger partial charge in [0.25, 0.3) is 0 Å². The Hall–Kier alpha value is -2.29. The van der Waals surface area contributed by atoms with Gasteiger partial charge < -0.3 is 9.47 Å². The van der Waals surface area contributed by atoms with Crippen LogP contribution >= 0.6 is 0 Å². The highest BCUT2D eigenvalue weighted by atomic mass is 16.5. The zero-order valence-electron chi connectivity index (χ0n) is 18.8. The second-order valence-electron chi connectivity index (χ2n) is 7.98. The molecule has 30 heavy (non-hydrogen) atoms. The SMILES string of the molecule is CCCCCCCCCOc1ccc(OC(=O)c2ccc(CCCCC)cc2)cc1. The molecule has 0 bridgehead atoms. The summed E-state index contributed by atoms with van der Waals surface area (Å²) >= 11 is 0. The third-order valence-corrected chi connectivity index (χ3v) is 5.31. The maximum atomic E-state index is 12.4. The summed E-state index contributed by atoms with van der Waals surface area (Å²) in [6.07, 6.45) is 13.6. The van der Waals surface area contributed by atoms with Crippen molar-refractivity contribution in [3.8, 4) is 11.5 Å². The molecule has 3 heteroatoms. The predicted octanol–water partition coefficient (Wildman–Crippen LogP) is 7.77. The van der Waals surface area contributed by atoms with E-state index in [2.05, 4.69) is 13.8 Å². The molecule has 0 radical (unpaired) electrons. The van der Waals surface area contributed by atoms with Crippen molar-refractivity contribution in [1.29, 1.82) is 0 Å². The number of hydrogen-bond donors (Lipinski definition) is 0. The monoisotopic (exact) mass is 410 g/mol. The highest BCUT2D eigenvalue weighted by molar-refractivity contribution is 5.91. The molecule has 2 rings (SSSR count). The van der Waals surface area contributed by atoms with E-state index in [9.17, 15) is 4.79 Å². The topological polar surface area (TPSA) is 35.5 Å². The van der Waals surface area contributed by atoms with Gasteiger partial charge in [0.1, 0.15) is 11.5 Å². The van der Waals surface area contributed by atoms with Crippen LogP contribution in [0.15, 0.2) is 48.5 Å². The number of unbranched alkanes of at least 4 members (excludes halogenated alkanes) is 8. The fourth-order valence-electron chi connectivity index (χ4n) is 3.41. The minimum atomic E-state index is -0.327. The van der Waals surface area contributed by atoms with Crippen molar-refractivity contribution in [3.05, 3.63) is 59.7 Å². The molecule has 0 aromatic heterocycles. The van der Waals surface area contributed by atoms with Crippen molar-refractivity contribution in [2.75, 3.05) is 6.61 Å². The Bertz CT molecular complexity index is 704. The van der Waals surface area contributed by atoms with Gasteiger partial charge in [-0.15, -0.1) is 0 Å². The zero-order chi connectivity index (χ0) is 21.4. The second-order valence-corrected chi connectivity index (χ2v) is 7.98. The van der Waals surface area contributed by atoms with E-state index in [1.54, 1.807) is 12.1 Å². The molecule has 0 amide bonds. The molecule has 0 spiro atoms. The van der Waals surface area contributed by atoms with Crippen molar-refractivity contribution >= 4 is 5.97 Å². The van der Waals surface area contributed by atoms with Crippen molar-refractivity contribution in [1.82, 2.24) is 0 Å². The highest BCUT2D eigenvalue weighted by Gasteiger charge is 2.09. The van der Waals surface area contributed by atoms with Crippen LogP contribution in [-0.2, 0) is 6.42 Å². The van der Waals surface area contributed by atoms with Crippen LogP contribution < -0.4 is 9.47 Å². The molecule has 2 aromatic rings. The van der Waals surface area contributed by atoms with Crippen molar-refractivity contribution in [2.24, 2.45) is 0 Å². The maximum Gasteiger partial charge on any atom is 0.343 e. The van der Waals surface area contributed by atoms with E-state index in [1.165, 1.54) is 63.4 Å². The molecule has 3 nitrogen and oxygen atoms in total. The van der Waals surface area contributed by atoms with Crippen molar-refractivity contribution in [3.63, 3.8) is 0 Å². The quantitative estimate of drug-likeness (QED) is 0.171. The molecule has 0 saturated heterocycles. The Morgan fingerprint density at radius 1 is 0.667 bits per heavy atom. The van der Waals surface area contributed by atoms with Gasteiger partial charge in [0.15, 0.2) is 0 Å². The fourth-order valence-corrected chi connectivity index (χ4v) is 3.41. The third kappa shape index (κ3) is 9.47. The van der Waals surface area contributed by atoms with Gasteiger partial charge in [0, 0.05) is 0 Å². The Kier molecular flexibility index (Phi) is 11.7. The standard InChI is InChI=1S/C27H38O3/c1-3-5-7-8-9-10-12-22-29-25-18-20-26(21-19-25)30-27(28)24-16-14-23(15-17-24)13-11-6-4-2/h14-21H,3-13,22H2,1-2H3. The van der Waals surface area contributed by atoms with Crippen molar-refractivity contribution < 1.29 is 14.3 Å². The van der Waals surface area contributed by atoms with Gasteiger partial charge in [-0.25, -0.2) is 4.79 Å². The van der Waals surface area contributed by atoms with E-state index >= 15 is 0 Å². The molecule has 0 aliphatic rings. The maximum absolute atomic E-state index is 12.4. The van der Waals surface area contributed by atoms with E-state index in [0.29, 0.717) is 11.3 Å². The van der Waals surface area contributed by atoms with Crippen LogP contribution in [0.1, 0.15) is 94.0 Å². The first-order valence-electron chi connectivity index (χ1n) is 11.8. The number of carbonyl (C=O) groups is 1. The largest absolute Gasteiger partial charge is 0.494 e. The van der Waals surface area contributed by atoms with Gasteiger partial charge in [-0.1, -0.05) is 77.3 Å². The first-order valence-corrected chi connectivity index (χ1v) is 11.8. The summed E-state index contributed by atoms with van der Waals surface area (Å²) in [6, 6.07) is 15.0. The second kappa shape index (κ2) is 14.7. The van der Waals surface area contributed by atoms with Crippen LogP contribution in [-0.4, -0.2) is 12.6 Å². The smallest absolute Gasteiger partial charge is 0.343 e. The Balaban J connectivity index is 1.68. The number of aryl methyl sites for hydroxylation is 1. The minimum absolute atomic E-state index is 0.327. The molecule has 0 aliphatic heterocycles. The van der Waals surface area contributed by atoms with E-state index in [0.717, 1.165) is 25.2 Å². The number of carbonyl (C=O) groups excluding carboxylic acids is 1. The summed E-state index contributed by atoms with van der Waals surface area (Å²) in [7, 11) is 0. The number of esters is 1. The summed E-state index contributed by atoms with van der Waals surface area (Å²) in [5, 5.41) is 0. The van der Waals surface area contributed by atoms with E-state index < -0.39 is 0 Å². The van der Waals surface area contributed by atoms with Crippen molar-refractivity contribution in [2.45, 2.75) is 84.5 Å². The van der Waals surface area contributed by atoms with Gasteiger partial charge in [-0.3, -0.25) is 0 Å². The number of benzene rings is 2. The van der Waals surface area contributed by atoms with Crippen LogP contribution in [0.3, 0.4) is 0 Å². The number of ether oxygens (including phenoxy) is 2. The van der Waals surface area contributed by atoms with Crippen LogP contribution in [0.25, 0.3) is 0 Å². The van der Waals surface area contributed by atoms with Crippen LogP contribution in [0.5, 0.6) is 11.5 Å². The first-order chi connectivity index (χ1) is 14.7. The predicted molar refractivity (Wildman–Crippen MR) is 125 cm³/mol. The molecule has 164 valence electrons. The number of hydrogen-bond acceptors (Lipinski definition) is 3. The van der Waals surface area contributed by atoms with Gasteiger partial charge >= 0.3 is 5.97 Å². The normalized spacial score (nSPS) is 10.7. The Morgan fingerprint density at radius 2 is 1.23 bits per heavy atom. The summed E-state index contributed by atoms with van der Waals surface area (Å²) in [6.45, 7) is 5.18. The molecule has 0 saturated carbocycles. The van der Waals surface area contributed by atoms with E-state index in [1.807, 2.05) is 36.4 Å². The van der Waals surface area contributed by atoms with Gasteiger partial charge in [0.2, 0.25) is 0 Å². The summed E-state index contributed by atoms with van der Waals surface area (Å²) in [5.41, 5.74) is 1.84. The van der Waals surface area contributed by atoms with E-state index in [4.69, 9.17) is 9.47 Å². The lowest BCUT2D eigenvalue weighted by Crippen LogP contribution is -2.08. The van der Waals surface area contributed by atoms with Gasteiger partial charge in [0.05, 0.1) is 12.2 Å². The lowest BCUT2D eigenvalue weighted by Gasteiger charge is -2.08. The average molecular weight is 411 g/mol. The lowest BCUT2D eigenvalue weighted by molar-refractivity contribution is 0.0734. The average Bonchev–Trinajstić information content (AvgIpc) is 2.77. The molecule has 0 aliphatic carbocycles. The van der Waals surface area contributed by atoms with E-state index in [-0.39, 0.29) is 5.97 Å². The molecule has 2 aromatic carbocycles. The molecule has 0 N–H and O–H groups in total. The lowest BCUT2D eigenvalue weighted by atomic mass is 10.1. The minimum Gasteiger partial charge on any atom is -0.494 e. The highest BCUT2D eigenvalue weighted by Crippen LogP contribution is 2.19. The van der Waals surface area contributed by atoms with Crippen LogP contribution in [0.4, 0.5) is 0 Å².